The smallest absolute Gasteiger partial charge is 0.292 e. The van der Waals surface area contributed by atoms with Crippen LogP contribution >= 0.6 is 0 Å². The van der Waals surface area contributed by atoms with Crippen LogP contribution in [0.2, 0.25) is 0 Å². The van der Waals surface area contributed by atoms with E-state index in [1.165, 1.54) is 0 Å². The highest BCUT2D eigenvalue weighted by atomic mass is 16.2. The molecule has 0 aliphatic heterocycles. The van der Waals surface area contributed by atoms with E-state index in [1.807, 2.05) is 19.3 Å². The number of benzene rings is 1. The third-order valence-corrected chi connectivity index (χ3v) is 4.08. The number of nitrogens with zero attached hydrogens (tertiary/aromatic N) is 4. The molecule has 4 rings (SSSR count). The van der Waals surface area contributed by atoms with Crippen molar-refractivity contribution in [3.8, 4) is 11.1 Å². The van der Waals surface area contributed by atoms with Crippen LogP contribution in [0.1, 0.15) is 10.4 Å². The topological polar surface area (TPSA) is 102 Å². The Bertz CT molecular complexity index is 1170. The Morgan fingerprint density at radius 3 is 2.54 bits per heavy atom. The van der Waals surface area contributed by atoms with Gasteiger partial charge in [0.1, 0.15) is 5.82 Å². The lowest BCUT2D eigenvalue weighted by atomic mass is 10.1. The molecule has 0 aliphatic carbocycles. The van der Waals surface area contributed by atoms with Crippen LogP contribution in [0.4, 0.5) is 10.6 Å². The number of urea groups is 1. The third-order valence-electron chi connectivity index (χ3n) is 4.08. The molecule has 3 aromatic heterocycles. The lowest BCUT2D eigenvalue weighted by Gasteiger charge is -2.07. The fraction of sp³-hybridized carbons (Fsp3) is 0.0500. The van der Waals surface area contributed by atoms with Gasteiger partial charge in [0.15, 0.2) is 0 Å². The Balaban J connectivity index is 1.52. The number of rotatable bonds is 3. The molecule has 138 valence electrons. The number of nitrogens with one attached hydrogen (secondary N) is 2. The first-order valence-corrected chi connectivity index (χ1v) is 8.52. The van der Waals surface area contributed by atoms with E-state index in [-0.39, 0.29) is 0 Å². The predicted octanol–water partition coefficient (Wildman–Crippen LogP) is 2.99. The second-order valence-electron chi connectivity index (χ2n) is 6.14. The van der Waals surface area contributed by atoms with Crippen molar-refractivity contribution in [2.24, 2.45) is 7.05 Å². The fourth-order valence-corrected chi connectivity index (χ4v) is 2.72. The van der Waals surface area contributed by atoms with Crippen molar-refractivity contribution in [3.63, 3.8) is 0 Å². The lowest BCUT2D eigenvalue weighted by Crippen LogP contribution is -2.34. The normalized spacial score (nSPS) is 10.6. The summed E-state index contributed by atoms with van der Waals surface area (Å²) in [5.41, 5.74) is 3.50. The number of anilines is 1. The SMILES string of the molecule is Cn1cc(-c2cnc3ccc(NC(=O)NC(=O)c4ccccc4)nc3c2)cn1. The van der Waals surface area contributed by atoms with Crippen LogP contribution in [0.5, 0.6) is 0 Å². The number of amides is 3. The summed E-state index contributed by atoms with van der Waals surface area (Å²) in [6.45, 7) is 0. The molecule has 0 spiro atoms. The third kappa shape index (κ3) is 3.70. The number of carbonyl (C=O) groups is 2. The monoisotopic (exact) mass is 372 g/mol. The first kappa shape index (κ1) is 17.3. The van der Waals surface area contributed by atoms with Crippen molar-refractivity contribution in [1.29, 1.82) is 0 Å². The summed E-state index contributed by atoms with van der Waals surface area (Å²) in [7, 11) is 1.84. The number of hydrogen-bond donors (Lipinski definition) is 2. The summed E-state index contributed by atoms with van der Waals surface area (Å²) in [4.78, 5) is 33.0. The average molecular weight is 372 g/mol. The predicted molar refractivity (Wildman–Crippen MR) is 105 cm³/mol. The Morgan fingerprint density at radius 1 is 0.964 bits per heavy atom. The first-order chi connectivity index (χ1) is 13.6. The molecule has 0 atom stereocenters. The van der Waals surface area contributed by atoms with Gasteiger partial charge in [0.2, 0.25) is 0 Å². The summed E-state index contributed by atoms with van der Waals surface area (Å²) in [6, 6.07) is 13.1. The van der Waals surface area contributed by atoms with Gasteiger partial charge in [-0.3, -0.25) is 25.1 Å². The Morgan fingerprint density at radius 2 is 1.79 bits per heavy atom. The number of aryl methyl sites for hydroxylation is 1. The molecule has 8 heteroatoms. The van der Waals surface area contributed by atoms with Gasteiger partial charge in [0.05, 0.1) is 17.2 Å². The van der Waals surface area contributed by atoms with Gasteiger partial charge in [-0.15, -0.1) is 0 Å². The van der Waals surface area contributed by atoms with Crippen LogP contribution < -0.4 is 10.6 Å². The van der Waals surface area contributed by atoms with Gasteiger partial charge in [0, 0.05) is 36.1 Å². The van der Waals surface area contributed by atoms with Crippen LogP contribution in [-0.4, -0.2) is 31.7 Å². The Hall–Kier alpha value is -4.07. The highest BCUT2D eigenvalue weighted by Gasteiger charge is 2.11. The molecule has 0 bridgehead atoms. The number of carbonyl (C=O) groups excluding carboxylic acids is 2. The van der Waals surface area contributed by atoms with Crippen molar-refractivity contribution in [2.75, 3.05) is 5.32 Å². The molecule has 0 radical (unpaired) electrons. The molecule has 3 amide bonds. The van der Waals surface area contributed by atoms with Gasteiger partial charge in [-0.2, -0.15) is 5.10 Å². The van der Waals surface area contributed by atoms with Crippen LogP contribution in [0, 0.1) is 0 Å². The lowest BCUT2D eigenvalue weighted by molar-refractivity contribution is 0.0967. The number of aromatic nitrogens is 4. The molecule has 0 saturated carbocycles. The molecule has 0 saturated heterocycles. The van der Waals surface area contributed by atoms with E-state index in [9.17, 15) is 9.59 Å². The van der Waals surface area contributed by atoms with Crippen LogP contribution in [0.25, 0.3) is 22.2 Å². The van der Waals surface area contributed by atoms with Gasteiger partial charge in [0.25, 0.3) is 5.91 Å². The van der Waals surface area contributed by atoms with E-state index < -0.39 is 11.9 Å². The van der Waals surface area contributed by atoms with E-state index in [4.69, 9.17) is 0 Å². The molecule has 0 unspecified atom stereocenters. The molecule has 0 fully saturated rings. The van der Waals surface area contributed by atoms with Crippen molar-refractivity contribution in [3.05, 3.63) is 72.7 Å². The number of fused-ring (bicyclic) bond motifs is 1. The molecular weight excluding hydrogens is 356 g/mol. The second-order valence-corrected chi connectivity index (χ2v) is 6.14. The minimum absolute atomic E-state index is 0.316. The standard InChI is InChI=1S/C20H16N6O2/c1-26-12-15(11-22-26)14-9-17-16(21-10-14)7-8-18(23-17)24-20(28)25-19(27)13-5-3-2-4-6-13/h2-12H,1H3,(H2,23,24,25,27,28). The van der Waals surface area contributed by atoms with Gasteiger partial charge in [-0.25, -0.2) is 9.78 Å². The van der Waals surface area contributed by atoms with E-state index in [2.05, 4.69) is 25.7 Å². The van der Waals surface area contributed by atoms with Crippen LogP contribution in [0.15, 0.2) is 67.1 Å². The van der Waals surface area contributed by atoms with Gasteiger partial charge in [-0.05, 0) is 30.3 Å². The van der Waals surface area contributed by atoms with E-state index in [0.29, 0.717) is 22.4 Å². The van der Waals surface area contributed by atoms with Gasteiger partial charge >= 0.3 is 6.03 Å². The fourth-order valence-electron chi connectivity index (χ4n) is 2.72. The minimum atomic E-state index is -0.655. The second kappa shape index (κ2) is 7.28. The number of pyridine rings is 2. The molecule has 8 nitrogen and oxygen atoms in total. The molecule has 4 aromatic rings. The minimum Gasteiger partial charge on any atom is -0.292 e. The summed E-state index contributed by atoms with van der Waals surface area (Å²) >= 11 is 0. The highest BCUT2D eigenvalue weighted by molar-refractivity contribution is 6.07. The van der Waals surface area contributed by atoms with Gasteiger partial charge in [-0.1, -0.05) is 18.2 Å². The quantitative estimate of drug-likeness (QED) is 0.576. The zero-order valence-corrected chi connectivity index (χ0v) is 15.0. The zero-order valence-electron chi connectivity index (χ0n) is 15.0. The van der Waals surface area contributed by atoms with E-state index >= 15 is 0 Å². The Kier molecular flexibility index (Phi) is 4.51. The molecule has 2 N–H and O–H groups in total. The van der Waals surface area contributed by atoms with E-state index in [0.717, 1.165) is 11.1 Å². The van der Waals surface area contributed by atoms with E-state index in [1.54, 1.807) is 59.5 Å². The van der Waals surface area contributed by atoms with Crippen molar-refractivity contribution in [2.45, 2.75) is 0 Å². The summed E-state index contributed by atoms with van der Waals surface area (Å²) < 4.78 is 1.71. The first-order valence-electron chi connectivity index (χ1n) is 8.52. The maximum absolute atomic E-state index is 12.1. The van der Waals surface area contributed by atoms with Crippen LogP contribution in [0.3, 0.4) is 0 Å². The molecule has 28 heavy (non-hydrogen) atoms. The Labute approximate surface area is 160 Å². The average Bonchev–Trinajstić information content (AvgIpc) is 3.14. The number of imide groups is 1. The van der Waals surface area contributed by atoms with Crippen molar-refractivity contribution < 1.29 is 9.59 Å². The molecular formula is C20H16N6O2. The summed E-state index contributed by atoms with van der Waals surface area (Å²) in [5, 5.41) is 9.00. The summed E-state index contributed by atoms with van der Waals surface area (Å²) in [6.07, 6.45) is 5.38. The zero-order chi connectivity index (χ0) is 19.5. The highest BCUT2D eigenvalue weighted by Crippen LogP contribution is 2.22. The summed E-state index contributed by atoms with van der Waals surface area (Å²) in [5.74, 6) is -0.171. The largest absolute Gasteiger partial charge is 0.327 e. The molecule has 3 heterocycles. The van der Waals surface area contributed by atoms with Crippen molar-refractivity contribution in [1.82, 2.24) is 25.1 Å². The number of hydrogen-bond acceptors (Lipinski definition) is 5. The van der Waals surface area contributed by atoms with Crippen LogP contribution in [-0.2, 0) is 7.05 Å². The van der Waals surface area contributed by atoms with Crippen molar-refractivity contribution >= 4 is 28.8 Å². The maximum atomic E-state index is 12.1. The molecule has 0 aliphatic rings. The van der Waals surface area contributed by atoms with Gasteiger partial charge < -0.3 is 0 Å². The molecule has 1 aromatic carbocycles. The maximum Gasteiger partial charge on any atom is 0.327 e.